The number of methoxy groups -OCH3 is 1. The molecule has 0 saturated heterocycles. The Labute approximate surface area is 181 Å². The molecule has 0 saturated carbocycles. The minimum atomic E-state index is 0.0182. The first-order chi connectivity index (χ1) is 15.1. The Balaban J connectivity index is 1.43. The van der Waals surface area contributed by atoms with Gasteiger partial charge in [0, 0.05) is 24.8 Å². The lowest BCUT2D eigenvalue weighted by Crippen LogP contribution is -2.45. The van der Waals surface area contributed by atoms with Crippen LogP contribution in [-0.2, 0) is 19.6 Å². The second-order valence-corrected chi connectivity index (χ2v) is 8.05. The minimum absolute atomic E-state index is 0.0182. The summed E-state index contributed by atoms with van der Waals surface area (Å²) in [5.41, 5.74) is 5.71. The number of carbonyl (C=O) groups is 1. The number of hydrogen-bond donors (Lipinski definition) is 1. The lowest BCUT2D eigenvalue weighted by molar-refractivity contribution is 0.0660. The third-order valence-corrected chi connectivity index (χ3v) is 6.00. The number of amides is 1. The number of anilines is 1. The van der Waals surface area contributed by atoms with Gasteiger partial charge in [0.2, 0.25) is 0 Å². The van der Waals surface area contributed by atoms with Crippen LogP contribution in [0, 0.1) is 6.92 Å². The number of carbonyl (C=O) groups excluding carboxylic acids is 1. The van der Waals surface area contributed by atoms with E-state index in [-0.39, 0.29) is 11.9 Å². The van der Waals surface area contributed by atoms with Crippen LogP contribution in [0.3, 0.4) is 0 Å². The largest absolute Gasteiger partial charge is 0.493 e. The van der Waals surface area contributed by atoms with Crippen LogP contribution in [0.1, 0.15) is 32.9 Å². The Morgan fingerprint density at radius 2 is 1.94 bits per heavy atom. The van der Waals surface area contributed by atoms with Crippen LogP contribution in [0.15, 0.2) is 54.6 Å². The van der Waals surface area contributed by atoms with E-state index in [1.54, 1.807) is 13.2 Å². The molecule has 2 aromatic carbocycles. The summed E-state index contributed by atoms with van der Waals surface area (Å²) in [4.78, 5) is 19.9. The van der Waals surface area contributed by atoms with Crippen molar-refractivity contribution in [3.63, 3.8) is 0 Å². The molecule has 1 amide bonds. The average Bonchev–Trinajstić information content (AvgIpc) is 2.92. The van der Waals surface area contributed by atoms with Gasteiger partial charge in [-0.1, -0.05) is 30.3 Å². The first kappa shape index (κ1) is 19.4. The maximum absolute atomic E-state index is 13.5. The smallest absolute Gasteiger partial charge is 0.256 e. The number of aromatic nitrogens is 1. The summed E-state index contributed by atoms with van der Waals surface area (Å²) in [6.45, 7) is 3.60. The number of nitrogens with zero attached hydrogens (tertiary/aromatic N) is 2. The van der Waals surface area contributed by atoms with Crippen LogP contribution in [0.2, 0.25) is 0 Å². The summed E-state index contributed by atoms with van der Waals surface area (Å²) in [5.74, 6) is 1.15. The van der Waals surface area contributed by atoms with Gasteiger partial charge in [0.05, 0.1) is 30.1 Å². The van der Waals surface area contributed by atoms with Crippen molar-refractivity contribution in [1.29, 1.82) is 0 Å². The molecule has 1 aromatic heterocycles. The molecule has 31 heavy (non-hydrogen) atoms. The zero-order valence-electron chi connectivity index (χ0n) is 17.7. The van der Waals surface area contributed by atoms with Crippen molar-refractivity contribution in [2.24, 2.45) is 0 Å². The Bertz CT molecular complexity index is 1140. The van der Waals surface area contributed by atoms with Gasteiger partial charge in [-0.05, 0) is 42.7 Å². The molecule has 0 unspecified atom stereocenters. The lowest BCUT2D eigenvalue weighted by Gasteiger charge is -2.35. The highest BCUT2D eigenvalue weighted by Gasteiger charge is 2.34. The van der Waals surface area contributed by atoms with Crippen molar-refractivity contribution >= 4 is 11.6 Å². The van der Waals surface area contributed by atoms with Crippen LogP contribution >= 0.6 is 0 Å². The van der Waals surface area contributed by atoms with Gasteiger partial charge in [-0.2, -0.15) is 0 Å². The minimum Gasteiger partial charge on any atom is -0.493 e. The molecule has 0 spiro atoms. The molecule has 158 valence electrons. The molecular formula is C25H25N3O3. The molecule has 0 aliphatic carbocycles. The van der Waals surface area contributed by atoms with Crippen LogP contribution in [0.25, 0.3) is 0 Å². The summed E-state index contributed by atoms with van der Waals surface area (Å²) in [6.07, 6.45) is 0.850. The van der Waals surface area contributed by atoms with Gasteiger partial charge in [-0.3, -0.25) is 9.78 Å². The summed E-state index contributed by atoms with van der Waals surface area (Å²) in [7, 11) is 1.59. The van der Waals surface area contributed by atoms with Crippen LogP contribution < -0.4 is 14.8 Å². The number of rotatable bonds is 4. The molecule has 6 nitrogen and oxygen atoms in total. The SMILES string of the molecule is COc1cc2c(cc1OCc1cccc(C)n1)NC[C@@H]1Cc3ccccc3CN1C2=O. The molecule has 1 N–H and O–H groups in total. The van der Waals surface area contributed by atoms with Gasteiger partial charge in [0.25, 0.3) is 5.91 Å². The van der Waals surface area contributed by atoms with Crippen molar-refractivity contribution in [3.05, 3.63) is 82.7 Å². The number of benzene rings is 2. The van der Waals surface area contributed by atoms with Gasteiger partial charge in [0.15, 0.2) is 11.5 Å². The van der Waals surface area contributed by atoms with Crippen LogP contribution in [0.4, 0.5) is 5.69 Å². The fourth-order valence-corrected chi connectivity index (χ4v) is 4.38. The van der Waals surface area contributed by atoms with E-state index in [4.69, 9.17) is 9.47 Å². The normalized spacial score (nSPS) is 17.0. The maximum atomic E-state index is 13.5. The second-order valence-electron chi connectivity index (χ2n) is 8.05. The third-order valence-electron chi connectivity index (χ3n) is 6.00. The average molecular weight is 415 g/mol. The molecule has 0 fully saturated rings. The van der Waals surface area contributed by atoms with E-state index >= 15 is 0 Å². The monoisotopic (exact) mass is 415 g/mol. The quantitative estimate of drug-likeness (QED) is 0.699. The molecule has 2 aliphatic rings. The number of hydrogen-bond acceptors (Lipinski definition) is 5. The van der Waals surface area contributed by atoms with Crippen LogP contribution in [0.5, 0.6) is 11.5 Å². The van der Waals surface area contributed by atoms with Gasteiger partial charge in [-0.15, -0.1) is 0 Å². The highest BCUT2D eigenvalue weighted by molar-refractivity contribution is 6.01. The van der Waals surface area contributed by atoms with Crippen LogP contribution in [-0.4, -0.2) is 35.5 Å². The molecule has 3 heterocycles. The number of aryl methyl sites for hydroxylation is 1. The number of nitrogens with one attached hydrogen (secondary N) is 1. The highest BCUT2D eigenvalue weighted by atomic mass is 16.5. The zero-order chi connectivity index (χ0) is 21.4. The molecule has 0 radical (unpaired) electrons. The first-order valence-electron chi connectivity index (χ1n) is 10.5. The summed E-state index contributed by atoms with van der Waals surface area (Å²) in [6, 6.07) is 18.0. The van der Waals surface area contributed by atoms with Gasteiger partial charge >= 0.3 is 0 Å². The van der Waals surface area contributed by atoms with Crippen molar-refractivity contribution in [2.45, 2.75) is 32.5 Å². The van der Waals surface area contributed by atoms with Crippen molar-refractivity contribution < 1.29 is 14.3 Å². The summed E-state index contributed by atoms with van der Waals surface area (Å²) < 4.78 is 11.6. The second kappa shape index (κ2) is 7.95. The van der Waals surface area contributed by atoms with E-state index in [1.807, 2.05) is 42.2 Å². The van der Waals surface area contributed by atoms with E-state index in [0.717, 1.165) is 23.5 Å². The van der Waals surface area contributed by atoms with E-state index in [2.05, 4.69) is 28.5 Å². The molecule has 5 rings (SSSR count). The Kier molecular flexibility index (Phi) is 4.98. The predicted octanol–water partition coefficient (Wildman–Crippen LogP) is 3.97. The summed E-state index contributed by atoms with van der Waals surface area (Å²) in [5, 5.41) is 3.47. The lowest BCUT2D eigenvalue weighted by atomic mass is 9.94. The maximum Gasteiger partial charge on any atom is 0.256 e. The number of fused-ring (bicyclic) bond motifs is 3. The highest BCUT2D eigenvalue weighted by Crippen LogP contribution is 2.37. The molecule has 0 bridgehead atoms. The Morgan fingerprint density at radius 3 is 2.74 bits per heavy atom. The molecular weight excluding hydrogens is 390 g/mol. The van der Waals surface area contributed by atoms with E-state index in [0.29, 0.717) is 36.8 Å². The summed E-state index contributed by atoms with van der Waals surface area (Å²) >= 11 is 0. The topological polar surface area (TPSA) is 63.7 Å². The zero-order valence-corrected chi connectivity index (χ0v) is 17.7. The fourth-order valence-electron chi connectivity index (χ4n) is 4.38. The Morgan fingerprint density at radius 1 is 1.10 bits per heavy atom. The van der Waals surface area contributed by atoms with Gasteiger partial charge in [-0.25, -0.2) is 0 Å². The van der Waals surface area contributed by atoms with Gasteiger partial charge < -0.3 is 19.7 Å². The van der Waals surface area contributed by atoms with Crippen molar-refractivity contribution in [1.82, 2.24) is 9.88 Å². The molecule has 6 heteroatoms. The standard InChI is InChI=1S/C25H25N3O3/c1-16-6-5-9-19(27-16)15-31-24-12-22-21(11-23(24)30-2)25(29)28-14-18-8-4-3-7-17(18)10-20(28)13-26-22/h3-9,11-12,20,26H,10,13-15H2,1-2H3/t20-/m0/s1. The number of ether oxygens (including phenoxy) is 2. The molecule has 2 aliphatic heterocycles. The van der Waals surface area contributed by atoms with Gasteiger partial charge in [0.1, 0.15) is 6.61 Å². The third kappa shape index (κ3) is 3.69. The van der Waals surface area contributed by atoms with Crippen molar-refractivity contribution in [3.8, 4) is 11.5 Å². The fraction of sp³-hybridized carbons (Fsp3) is 0.280. The molecule has 1 atom stereocenters. The van der Waals surface area contributed by atoms with Crippen molar-refractivity contribution in [2.75, 3.05) is 19.0 Å². The number of pyridine rings is 1. The van der Waals surface area contributed by atoms with E-state index in [9.17, 15) is 4.79 Å². The van der Waals surface area contributed by atoms with E-state index in [1.165, 1.54) is 11.1 Å². The first-order valence-corrected chi connectivity index (χ1v) is 10.5. The van der Waals surface area contributed by atoms with E-state index < -0.39 is 0 Å². The predicted molar refractivity (Wildman–Crippen MR) is 119 cm³/mol. The molecule has 3 aromatic rings. The Hall–Kier alpha value is -3.54.